The van der Waals surface area contributed by atoms with Crippen LogP contribution in [-0.2, 0) is 0 Å². The Morgan fingerprint density at radius 3 is 1.75 bits per heavy atom. The number of nitrogens with zero attached hydrogens (tertiary/aromatic N) is 2. The molecule has 3 nitrogen and oxygen atoms in total. The van der Waals surface area contributed by atoms with Crippen LogP contribution in [-0.4, -0.2) is 13.8 Å². The number of hydrogen-bond acceptors (Lipinski definition) is 3. The molecule has 0 bridgehead atoms. The monoisotopic (exact) mass is 694 g/mol. The molecule has 0 aliphatic heterocycles. The molecule has 10 aromatic rings. The van der Waals surface area contributed by atoms with Crippen molar-refractivity contribution in [3.63, 3.8) is 0 Å². The maximum absolute atomic E-state index is 6.59. The van der Waals surface area contributed by atoms with Gasteiger partial charge in [-0.3, -0.25) is 0 Å². The second kappa shape index (κ2) is 13.1. The van der Waals surface area contributed by atoms with Gasteiger partial charge >= 0.3 is 0 Å². The molecule has 0 amide bonds. The molecule has 0 radical (unpaired) electrons. The minimum absolute atomic E-state index is 0.631. The van der Waals surface area contributed by atoms with Gasteiger partial charge < -0.3 is 9.32 Å². The summed E-state index contributed by atoms with van der Waals surface area (Å²) < 4.78 is 6.59. The fourth-order valence-corrected chi connectivity index (χ4v) is 11.1. The van der Waals surface area contributed by atoms with Gasteiger partial charge in [-0.15, -0.1) is 0 Å². The number of para-hydroxylation sites is 1. The molecule has 0 saturated carbocycles. The fourth-order valence-electron chi connectivity index (χ4n) is 7.95. The van der Waals surface area contributed by atoms with E-state index in [9.17, 15) is 0 Å². The third-order valence-corrected chi connectivity index (χ3v) is 13.6. The zero-order chi connectivity index (χ0) is 35.1. The van der Waals surface area contributed by atoms with Gasteiger partial charge in [-0.1, -0.05) is 162 Å². The largest absolute Gasteiger partial charge is 0.435 e. The van der Waals surface area contributed by atoms with Crippen LogP contribution in [0.15, 0.2) is 205 Å². The zero-order valence-electron chi connectivity index (χ0n) is 28.9. The molecule has 1 heterocycles. The van der Waals surface area contributed by atoms with E-state index in [0.717, 1.165) is 55.3 Å². The topological polar surface area (TPSA) is 29.3 Å². The number of aromatic nitrogens is 1. The van der Waals surface area contributed by atoms with Gasteiger partial charge in [0, 0.05) is 27.7 Å². The highest BCUT2D eigenvalue weighted by molar-refractivity contribution is 6.96. The van der Waals surface area contributed by atoms with Crippen molar-refractivity contribution in [3.8, 4) is 11.5 Å². The van der Waals surface area contributed by atoms with Crippen LogP contribution in [0.2, 0.25) is 0 Å². The highest BCUT2D eigenvalue weighted by Crippen LogP contribution is 2.42. The summed E-state index contributed by atoms with van der Waals surface area (Å²) in [6.07, 6.45) is 0. The van der Waals surface area contributed by atoms with Crippen molar-refractivity contribution >= 4 is 84.8 Å². The first-order valence-electron chi connectivity index (χ1n) is 18.1. The third-order valence-electron chi connectivity index (χ3n) is 10.4. The normalized spacial score (nSPS) is 11.6. The van der Waals surface area contributed by atoms with E-state index in [1.54, 1.807) is 0 Å². The lowest BCUT2D eigenvalue weighted by Crippen LogP contribution is -2.52. The Hall–Kier alpha value is -6.75. The minimum atomic E-state index is -1.80. The number of anilines is 3. The predicted molar refractivity (Wildman–Crippen MR) is 226 cm³/mol. The van der Waals surface area contributed by atoms with E-state index in [1.165, 1.54) is 26.3 Å². The molecule has 250 valence electrons. The molecule has 0 aliphatic rings. The summed E-state index contributed by atoms with van der Waals surface area (Å²) in [5, 5.41) is 11.2. The van der Waals surface area contributed by atoms with Gasteiger partial charge in [-0.25, -0.2) is 4.98 Å². The standard InChI is InChI=1S/C49H34N2OSi/c1-5-15-36(16-6-1)49-50-44-30-28-35-26-25-34-27-29-38(33-43(34)47(35)48(44)52-49)51(37-17-7-2-8-18-37)45-31-32-46(42-24-14-13-23-41(42)45)53(39-19-9-3-10-20-39)40-21-11-4-12-22-40/h1-33,53H. The summed E-state index contributed by atoms with van der Waals surface area (Å²) in [4.78, 5) is 7.32. The molecule has 10 rings (SSSR count). The number of rotatable bonds is 7. The SMILES string of the molecule is c1ccc(-c2nc3ccc4ccc5ccc(N(c6ccccc6)c6ccc([SiH](c7ccccc7)c7ccccc7)c7ccccc67)cc5c4c3o2)cc1. The molecule has 0 unspecified atom stereocenters. The highest BCUT2D eigenvalue weighted by atomic mass is 28.3. The Bertz CT molecular complexity index is 2850. The van der Waals surface area contributed by atoms with E-state index >= 15 is 0 Å². The lowest BCUT2D eigenvalue weighted by atomic mass is 9.99. The first kappa shape index (κ1) is 31.0. The van der Waals surface area contributed by atoms with Crippen LogP contribution in [0.3, 0.4) is 0 Å². The fraction of sp³-hybridized carbons (Fsp3) is 0. The second-order valence-electron chi connectivity index (χ2n) is 13.5. The molecule has 0 saturated heterocycles. The van der Waals surface area contributed by atoms with Gasteiger partial charge in [0.25, 0.3) is 0 Å². The van der Waals surface area contributed by atoms with Gasteiger partial charge in [-0.05, 0) is 75.3 Å². The summed E-state index contributed by atoms with van der Waals surface area (Å²) in [6, 6.07) is 72.0. The Morgan fingerprint density at radius 1 is 0.453 bits per heavy atom. The van der Waals surface area contributed by atoms with Crippen molar-refractivity contribution in [2.75, 3.05) is 4.90 Å². The quantitative estimate of drug-likeness (QED) is 0.0945. The first-order valence-corrected chi connectivity index (χ1v) is 19.8. The lowest BCUT2D eigenvalue weighted by Gasteiger charge is -2.29. The molecule has 0 atom stereocenters. The van der Waals surface area contributed by atoms with E-state index in [1.807, 2.05) is 30.3 Å². The van der Waals surface area contributed by atoms with E-state index < -0.39 is 8.80 Å². The molecule has 0 N–H and O–H groups in total. The van der Waals surface area contributed by atoms with Gasteiger partial charge in [0.1, 0.15) is 14.3 Å². The highest BCUT2D eigenvalue weighted by Gasteiger charge is 2.24. The smallest absolute Gasteiger partial charge is 0.227 e. The number of fused-ring (bicyclic) bond motifs is 6. The summed E-state index contributed by atoms with van der Waals surface area (Å²) in [5.74, 6) is 0.631. The maximum atomic E-state index is 6.59. The first-order chi connectivity index (χ1) is 26.3. The van der Waals surface area contributed by atoms with Crippen LogP contribution >= 0.6 is 0 Å². The lowest BCUT2D eigenvalue weighted by molar-refractivity contribution is 0.623. The van der Waals surface area contributed by atoms with Crippen LogP contribution in [0.5, 0.6) is 0 Å². The summed E-state index contributed by atoms with van der Waals surface area (Å²) in [6.45, 7) is 0. The molecule has 9 aromatic carbocycles. The van der Waals surface area contributed by atoms with E-state index in [2.05, 4.69) is 175 Å². The van der Waals surface area contributed by atoms with Crippen molar-refractivity contribution in [1.29, 1.82) is 0 Å². The molecule has 0 spiro atoms. The number of hydrogen-bond donors (Lipinski definition) is 0. The summed E-state index contributed by atoms with van der Waals surface area (Å²) >= 11 is 0. The van der Waals surface area contributed by atoms with Crippen LogP contribution in [0.25, 0.3) is 54.9 Å². The predicted octanol–water partition coefficient (Wildman–Crippen LogP) is 10.7. The van der Waals surface area contributed by atoms with E-state index in [4.69, 9.17) is 9.40 Å². The van der Waals surface area contributed by atoms with Gasteiger partial charge in [0.15, 0.2) is 5.58 Å². The van der Waals surface area contributed by atoms with Crippen LogP contribution in [0.4, 0.5) is 17.1 Å². The molecule has 1 aromatic heterocycles. The third kappa shape index (κ3) is 5.48. The van der Waals surface area contributed by atoms with Crippen molar-refractivity contribution in [2.24, 2.45) is 0 Å². The molecular formula is C49H34N2OSi. The molecular weight excluding hydrogens is 661 g/mol. The maximum Gasteiger partial charge on any atom is 0.227 e. The molecule has 4 heteroatoms. The summed E-state index contributed by atoms with van der Waals surface area (Å²) in [5.41, 5.74) is 5.94. The van der Waals surface area contributed by atoms with Gasteiger partial charge in [-0.2, -0.15) is 0 Å². The number of benzene rings is 9. The molecule has 0 fully saturated rings. The number of oxazole rings is 1. The molecule has 0 aliphatic carbocycles. The van der Waals surface area contributed by atoms with E-state index in [-0.39, 0.29) is 0 Å². The average molecular weight is 695 g/mol. The Balaban J connectivity index is 1.20. The van der Waals surface area contributed by atoms with Crippen molar-refractivity contribution in [3.05, 3.63) is 200 Å². The Labute approximate surface area is 309 Å². The van der Waals surface area contributed by atoms with Crippen LogP contribution < -0.4 is 20.5 Å². The Kier molecular flexibility index (Phi) is 7.66. The van der Waals surface area contributed by atoms with Gasteiger partial charge in [0.05, 0.1) is 5.69 Å². The zero-order valence-corrected chi connectivity index (χ0v) is 30.1. The van der Waals surface area contributed by atoms with E-state index in [0.29, 0.717) is 5.89 Å². The minimum Gasteiger partial charge on any atom is -0.435 e. The second-order valence-corrected chi connectivity index (χ2v) is 16.3. The van der Waals surface area contributed by atoms with Gasteiger partial charge in [0.2, 0.25) is 5.89 Å². The van der Waals surface area contributed by atoms with Crippen molar-refractivity contribution < 1.29 is 4.42 Å². The Morgan fingerprint density at radius 2 is 1.04 bits per heavy atom. The molecule has 53 heavy (non-hydrogen) atoms. The van der Waals surface area contributed by atoms with Crippen LogP contribution in [0, 0.1) is 0 Å². The van der Waals surface area contributed by atoms with Crippen molar-refractivity contribution in [1.82, 2.24) is 4.98 Å². The average Bonchev–Trinajstić information content (AvgIpc) is 3.68. The van der Waals surface area contributed by atoms with Crippen molar-refractivity contribution in [2.45, 2.75) is 0 Å². The van der Waals surface area contributed by atoms with Crippen LogP contribution in [0.1, 0.15) is 0 Å². The summed E-state index contributed by atoms with van der Waals surface area (Å²) in [7, 11) is -1.80.